The molecule has 1 aliphatic rings. The minimum atomic E-state index is -0.0616. The Kier molecular flexibility index (Phi) is 4.59. The Balaban J connectivity index is 1.60. The van der Waals surface area contributed by atoms with Gasteiger partial charge < -0.3 is 15.4 Å². The number of carbonyl (C=O) groups is 1. The van der Waals surface area contributed by atoms with Crippen LogP contribution in [0, 0.1) is 5.92 Å². The molecule has 0 bridgehead atoms. The Morgan fingerprint density at radius 3 is 2.95 bits per heavy atom. The van der Waals surface area contributed by atoms with Crippen molar-refractivity contribution < 1.29 is 9.53 Å². The van der Waals surface area contributed by atoms with E-state index < -0.39 is 0 Å². The Labute approximate surface area is 130 Å². The molecule has 1 fully saturated rings. The average Bonchev–Trinajstić information content (AvgIpc) is 2.55. The summed E-state index contributed by atoms with van der Waals surface area (Å²) in [5, 5.41) is 8.52. The van der Waals surface area contributed by atoms with Crippen molar-refractivity contribution in [2.75, 3.05) is 19.7 Å². The first-order valence-corrected chi connectivity index (χ1v) is 7.84. The van der Waals surface area contributed by atoms with Crippen LogP contribution in [0.15, 0.2) is 42.5 Å². The van der Waals surface area contributed by atoms with E-state index in [9.17, 15) is 4.79 Å². The number of benzene rings is 2. The van der Waals surface area contributed by atoms with E-state index in [0.717, 1.165) is 36.0 Å². The first-order valence-electron chi connectivity index (χ1n) is 7.84. The number of fused-ring (bicyclic) bond motifs is 1. The first kappa shape index (κ1) is 14.9. The fourth-order valence-electron chi connectivity index (χ4n) is 2.90. The molecule has 0 saturated carbocycles. The van der Waals surface area contributed by atoms with Gasteiger partial charge in [0.25, 0.3) is 5.91 Å². The molecule has 0 aromatic heterocycles. The van der Waals surface area contributed by atoms with Crippen molar-refractivity contribution in [3.63, 3.8) is 0 Å². The lowest BCUT2D eigenvalue weighted by atomic mass is 9.95. The summed E-state index contributed by atoms with van der Waals surface area (Å²) in [4.78, 5) is 12.1. The van der Waals surface area contributed by atoms with Gasteiger partial charge >= 0.3 is 0 Å². The second kappa shape index (κ2) is 6.79. The molecule has 2 unspecified atom stereocenters. The zero-order chi connectivity index (χ0) is 15.4. The number of rotatable bonds is 4. The van der Waals surface area contributed by atoms with E-state index in [1.54, 1.807) is 0 Å². The van der Waals surface area contributed by atoms with E-state index in [2.05, 4.69) is 17.6 Å². The Bertz CT molecular complexity index is 651. The number of piperidine rings is 1. The number of hydrogen-bond donors (Lipinski definition) is 2. The van der Waals surface area contributed by atoms with Crippen LogP contribution in [0.2, 0.25) is 0 Å². The van der Waals surface area contributed by atoms with Gasteiger partial charge in [0.2, 0.25) is 0 Å². The molecule has 3 rings (SSSR count). The number of nitrogens with one attached hydrogen (secondary N) is 2. The fraction of sp³-hybridized carbons (Fsp3) is 0.389. The summed E-state index contributed by atoms with van der Waals surface area (Å²) in [6.07, 6.45) is 1.09. The van der Waals surface area contributed by atoms with Crippen LogP contribution < -0.4 is 15.4 Å². The summed E-state index contributed by atoms with van der Waals surface area (Å²) in [6.45, 7) is 4.09. The van der Waals surface area contributed by atoms with Crippen LogP contribution in [0.5, 0.6) is 5.75 Å². The highest BCUT2D eigenvalue weighted by atomic mass is 16.5. The largest absolute Gasteiger partial charge is 0.483 e. The third-order valence-corrected chi connectivity index (χ3v) is 4.28. The van der Waals surface area contributed by atoms with Crippen LogP contribution in [0.3, 0.4) is 0 Å². The SMILES string of the molecule is CC1CCNCC1NC(=O)COc1cccc2ccccc12. The van der Waals surface area contributed by atoms with Crippen LogP contribution in [0.4, 0.5) is 0 Å². The molecule has 2 N–H and O–H groups in total. The van der Waals surface area contributed by atoms with Crippen molar-refractivity contribution in [2.24, 2.45) is 5.92 Å². The lowest BCUT2D eigenvalue weighted by Gasteiger charge is -2.30. The number of carbonyl (C=O) groups excluding carboxylic acids is 1. The molecule has 1 saturated heterocycles. The van der Waals surface area contributed by atoms with E-state index in [0.29, 0.717) is 5.92 Å². The lowest BCUT2D eigenvalue weighted by molar-refractivity contribution is -0.124. The van der Waals surface area contributed by atoms with Crippen molar-refractivity contribution in [1.82, 2.24) is 10.6 Å². The van der Waals surface area contributed by atoms with Gasteiger partial charge in [-0.3, -0.25) is 4.79 Å². The van der Waals surface area contributed by atoms with Gasteiger partial charge in [0.05, 0.1) is 0 Å². The molecule has 116 valence electrons. The van der Waals surface area contributed by atoms with Gasteiger partial charge in [0, 0.05) is 18.0 Å². The normalized spacial score (nSPS) is 21.5. The van der Waals surface area contributed by atoms with Crippen molar-refractivity contribution >= 4 is 16.7 Å². The quantitative estimate of drug-likeness (QED) is 0.911. The summed E-state index contributed by atoms with van der Waals surface area (Å²) in [7, 11) is 0. The molecule has 22 heavy (non-hydrogen) atoms. The standard InChI is InChI=1S/C18H22N2O2/c1-13-9-10-19-11-16(13)20-18(21)12-22-17-8-4-6-14-5-2-3-7-15(14)17/h2-8,13,16,19H,9-12H2,1H3,(H,20,21). The van der Waals surface area contributed by atoms with Crippen molar-refractivity contribution in [3.8, 4) is 5.75 Å². The van der Waals surface area contributed by atoms with E-state index in [4.69, 9.17) is 4.74 Å². The summed E-state index contributed by atoms with van der Waals surface area (Å²) < 4.78 is 5.73. The molecule has 1 heterocycles. The van der Waals surface area contributed by atoms with Gasteiger partial charge in [-0.15, -0.1) is 0 Å². The second-order valence-corrected chi connectivity index (χ2v) is 5.91. The fourth-order valence-corrected chi connectivity index (χ4v) is 2.90. The van der Waals surface area contributed by atoms with Gasteiger partial charge in [-0.2, -0.15) is 0 Å². The molecule has 1 amide bonds. The molecule has 2 aromatic carbocycles. The highest BCUT2D eigenvalue weighted by Crippen LogP contribution is 2.25. The van der Waals surface area contributed by atoms with E-state index in [1.807, 2.05) is 42.5 Å². The van der Waals surface area contributed by atoms with Crippen molar-refractivity contribution in [1.29, 1.82) is 0 Å². The molecule has 0 radical (unpaired) electrons. The van der Waals surface area contributed by atoms with Crippen LogP contribution in [0.1, 0.15) is 13.3 Å². The van der Waals surface area contributed by atoms with Crippen molar-refractivity contribution in [2.45, 2.75) is 19.4 Å². The smallest absolute Gasteiger partial charge is 0.258 e. The first-order chi connectivity index (χ1) is 10.7. The molecular formula is C18H22N2O2. The van der Waals surface area contributed by atoms with Gasteiger partial charge in [0.15, 0.2) is 6.61 Å². The molecule has 2 atom stereocenters. The van der Waals surface area contributed by atoms with Crippen LogP contribution in [0.25, 0.3) is 10.8 Å². The zero-order valence-corrected chi connectivity index (χ0v) is 12.8. The Morgan fingerprint density at radius 1 is 1.27 bits per heavy atom. The molecular weight excluding hydrogens is 276 g/mol. The van der Waals surface area contributed by atoms with Crippen LogP contribution >= 0.6 is 0 Å². The monoisotopic (exact) mass is 298 g/mol. The zero-order valence-electron chi connectivity index (χ0n) is 12.8. The molecule has 4 heteroatoms. The molecule has 1 aliphatic heterocycles. The summed E-state index contributed by atoms with van der Waals surface area (Å²) in [6, 6.07) is 14.1. The Hall–Kier alpha value is -2.07. The predicted octanol–water partition coefficient (Wildman–Crippen LogP) is 2.33. The third kappa shape index (κ3) is 3.39. The van der Waals surface area contributed by atoms with Crippen LogP contribution in [-0.4, -0.2) is 31.6 Å². The second-order valence-electron chi connectivity index (χ2n) is 5.91. The van der Waals surface area contributed by atoms with Crippen molar-refractivity contribution in [3.05, 3.63) is 42.5 Å². The minimum absolute atomic E-state index is 0.0528. The van der Waals surface area contributed by atoms with Crippen LogP contribution in [-0.2, 0) is 4.79 Å². The highest BCUT2D eigenvalue weighted by molar-refractivity contribution is 5.88. The minimum Gasteiger partial charge on any atom is -0.483 e. The summed E-state index contributed by atoms with van der Waals surface area (Å²) in [5.41, 5.74) is 0. The summed E-state index contributed by atoms with van der Waals surface area (Å²) >= 11 is 0. The maximum absolute atomic E-state index is 12.1. The number of amides is 1. The third-order valence-electron chi connectivity index (χ3n) is 4.28. The Morgan fingerprint density at radius 2 is 2.09 bits per heavy atom. The van der Waals surface area contributed by atoms with Gasteiger partial charge in [0.1, 0.15) is 5.75 Å². The number of hydrogen-bond acceptors (Lipinski definition) is 3. The predicted molar refractivity (Wildman–Crippen MR) is 88.0 cm³/mol. The molecule has 2 aromatic rings. The lowest BCUT2D eigenvalue weighted by Crippen LogP contribution is -2.51. The van der Waals surface area contributed by atoms with E-state index in [-0.39, 0.29) is 18.6 Å². The summed E-state index contributed by atoms with van der Waals surface area (Å²) in [5.74, 6) is 1.19. The van der Waals surface area contributed by atoms with Gasteiger partial charge in [-0.05, 0) is 30.3 Å². The average molecular weight is 298 g/mol. The van der Waals surface area contributed by atoms with Gasteiger partial charge in [-0.1, -0.05) is 43.3 Å². The highest BCUT2D eigenvalue weighted by Gasteiger charge is 2.22. The topological polar surface area (TPSA) is 50.4 Å². The molecule has 0 spiro atoms. The maximum Gasteiger partial charge on any atom is 0.258 e. The van der Waals surface area contributed by atoms with E-state index >= 15 is 0 Å². The number of ether oxygens (including phenoxy) is 1. The molecule has 0 aliphatic carbocycles. The molecule has 4 nitrogen and oxygen atoms in total. The van der Waals surface area contributed by atoms with Gasteiger partial charge in [-0.25, -0.2) is 0 Å². The van der Waals surface area contributed by atoms with E-state index in [1.165, 1.54) is 0 Å². The maximum atomic E-state index is 12.1.